The molecule has 0 aliphatic carbocycles. The summed E-state index contributed by atoms with van der Waals surface area (Å²) in [6.45, 7) is 4.08. The van der Waals surface area contributed by atoms with Crippen molar-refractivity contribution < 1.29 is 25.3 Å². The Morgan fingerprint density at radius 3 is 1.36 bits per heavy atom. The SMILES string of the molecule is CCCCCC(=O)CC(=O)[O][Sn]([CH3])([CH3])[O]C(=O)CC(=O)CCCCC. The Labute approximate surface area is 156 Å². The summed E-state index contributed by atoms with van der Waals surface area (Å²) in [6.07, 6.45) is 5.63. The van der Waals surface area contributed by atoms with Crippen LogP contribution < -0.4 is 0 Å². The van der Waals surface area contributed by atoms with Crippen molar-refractivity contribution in [2.45, 2.75) is 87.9 Å². The Morgan fingerprint density at radius 2 is 1.04 bits per heavy atom. The van der Waals surface area contributed by atoms with Gasteiger partial charge in [-0.05, 0) is 0 Å². The Hall–Kier alpha value is -0.921. The van der Waals surface area contributed by atoms with E-state index in [1.165, 1.54) is 0 Å². The number of rotatable bonds is 14. The monoisotopic (exact) mass is 464 g/mol. The first-order chi connectivity index (χ1) is 11.7. The van der Waals surface area contributed by atoms with Crippen LogP contribution in [-0.4, -0.2) is 42.7 Å². The molecule has 0 bridgehead atoms. The van der Waals surface area contributed by atoms with Crippen molar-refractivity contribution in [3.05, 3.63) is 0 Å². The van der Waals surface area contributed by atoms with Gasteiger partial charge in [-0.2, -0.15) is 0 Å². The van der Waals surface area contributed by atoms with E-state index in [9.17, 15) is 19.2 Å². The fourth-order valence-corrected chi connectivity index (χ4v) is 5.94. The third-order valence-corrected chi connectivity index (χ3v) is 7.63. The third kappa shape index (κ3) is 14.0. The number of carbonyl (C=O) groups is 4. The average molecular weight is 463 g/mol. The fourth-order valence-electron chi connectivity index (χ4n) is 2.28. The summed E-state index contributed by atoms with van der Waals surface area (Å²) in [7, 11) is 0. The van der Waals surface area contributed by atoms with E-state index in [-0.39, 0.29) is 24.4 Å². The second kappa shape index (κ2) is 13.3. The van der Waals surface area contributed by atoms with Gasteiger partial charge in [0.15, 0.2) is 0 Å². The standard InChI is InChI=1S/2C8H14O3.2CH3.Sn/c2*1-2-3-4-5-7(9)6-8(10)11;;;/h2*2-6H2,1H3,(H,10,11);2*1H3;/q;;;;+2/p-2. The molecule has 0 unspecified atom stereocenters. The molecule has 0 heterocycles. The van der Waals surface area contributed by atoms with Crippen molar-refractivity contribution in [1.29, 1.82) is 0 Å². The number of hydrogen-bond donors (Lipinski definition) is 0. The van der Waals surface area contributed by atoms with Crippen LogP contribution in [0.4, 0.5) is 0 Å². The molecule has 0 spiro atoms. The van der Waals surface area contributed by atoms with Crippen LogP contribution in [-0.2, 0) is 25.3 Å². The van der Waals surface area contributed by atoms with Gasteiger partial charge in [0.05, 0.1) is 0 Å². The molecule has 0 fully saturated rings. The zero-order chi connectivity index (χ0) is 19.3. The molecule has 0 aliphatic rings. The first-order valence-electron chi connectivity index (χ1n) is 9.17. The van der Waals surface area contributed by atoms with Gasteiger partial charge in [0, 0.05) is 0 Å². The summed E-state index contributed by atoms with van der Waals surface area (Å²) < 4.78 is 10.5. The van der Waals surface area contributed by atoms with Gasteiger partial charge >= 0.3 is 156 Å². The van der Waals surface area contributed by atoms with Crippen LogP contribution in [0.15, 0.2) is 0 Å². The van der Waals surface area contributed by atoms with Crippen molar-refractivity contribution in [3.8, 4) is 0 Å². The third-order valence-electron chi connectivity index (χ3n) is 3.52. The van der Waals surface area contributed by atoms with Crippen LogP contribution in [0, 0.1) is 0 Å². The molecule has 0 atom stereocenters. The molecule has 0 radical (unpaired) electrons. The van der Waals surface area contributed by atoms with Crippen molar-refractivity contribution in [3.63, 3.8) is 0 Å². The molecule has 6 nitrogen and oxygen atoms in total. The van der Waals surface area contributed by atoms with Crippen LogP contribution in [0.2, 0.25) is 9.88 Å². The Bertz CT molecular complexity index is 418. The van der Waals surface area contributed by atoms with Gasteiger partial charge in [0.2, 0.25) is 0 Å². The van der Waals surface area contributed by atoms with Crippen LogP contribution >= 0.6 is 0 Å². The average Bonchev–Trinajstić information content (AvgIpc) is 2.45. The summed E-state index contributed by atoms with van der Waals surface area (Å²) in [4.78, 5) is 50.3. The number of ketones is 2. The Kier molecular flexibility index (Phi) is 12.8. The van der Waals surface area contributed by atoms with Crippen molar-refractivity contribution in [2.75, 3.05) is 0 Å². The predicted molar refractivity (Wildman–Crippen MR) is 97.2 cm³/mol. The topological polar surface area (TPSA) is 86.7 Å². The van der Waals surface area contributed by atoms with E-state index >= 15 is 0 Å². The number of carbonyl (C=O) groups excluding carboxylic acids is 4. The van der Waals surface area contributed by atoms with Gasteiger partial charge in [-0.25, -0.2) is 0 Å². The number of hydrogen-bond acceptors (Lipinski definition) is 6. The van der Waals surface area contributed by atoms with Crippen LogP contribution in [0.25, 0.3) is 0 Å². The first kappa shape index (κ1) is 24.1. The molecular weight excluding hydrogens is 431 g/mol. The fraction of sp³-hybridized carbons (Fsp3) is 0.778. The normalized spacial score (nSPS) is 11.0. The number of Topliss-reactive ketones (excluding diaryl/α,β-unsaturated/α-hetero) is 2. The van der Waals surface area contributed by atoms with Crippen molar-refractivity contribution in [2.24, 2.45) is 0 Å². The van der Waals surface area contributed by atoms with E-state index in [1.807, 2.05) is 13.8 Å². The van der Waals surface area contributed by atoms with E-state index in [4.69, 9.17) is 6.15 Å². The molecule has 0 aliphatic heterocycles. The van der Waals surface area contributed by atoms with Gasteiger partial charge in [0.1, 0.15) is 0 Å². The van der Waals surface area contributed by atoms with Gasteiger partial charge in [-0.1, -0.05) is 0 Å². The van der Waals surface area contributed by atoms with Crippen LogP contribution in [0.5, 0.6) is 0 Å². The molecule has 0 aromatic carbocycles. The quantitative estimate of drug-likeness (QED) is 0.221. The first-order valence-corrected chi connectivity index (χ1v) is 17.2. The van der Waals surface area contributed by atoms with Crippen molar-refractivity contribution >= 4 is 42.7 Å². The molecule has 0 N–H and O–H groups in total. The second-order valence-corrected chi connectivity index (χ2v) is 15.8. The summed E-state index contributed by atoms with van der Waals surface area (Å²) in [5.74, 6) is -1.58. The molecule has 0 aromatic rings. The van der Waals surface area contributed by atoms with Crippen molar-refractivity contribution in [1.82, 2.24) is 0 Å². The summed E-state index contributed by atoms with van der Waals surface area (Å²) in [5, 5.41) is 0. The molecule has 0 aromatic heterocycles. The van der Waals surface area contributed by atoms with Gasteiger partial charge < -0.3 is 0 Å². The van der Waals surface area contributed by atoms with E-state index in [0.717, 1.165) is 38.5 Å². The molecule has 7 heteroatoms. The zero-order valence-corrected chi connectivity index (χ0v) is 18.9. The van der Waals surface area contributed by atoms with E-state index in [1.54, 1.807) is 9.88 Å². The molecule has 0 saturated carbocycles. The summed E-state index contributed by atoms with van der Waals surface area (Å²) in [6, 6.07) is 0. The maximum absolute atomic E-state index is 11.8. The molecule has 25 heavy (non-hydrogen) atoms. The number of unbranched alkanes of at least 4 members (excludes halogenated alkanes) is 4. The maximum atomic E-state index is 11.8. The summed E-state index contributed by atoms with van der Waals surface area (Å²) in [5.41, 5.74) is 0. The van der Waals surface area contributed by atoms with Crippen LogP contribution in [0.3, 0.4) is 0 Å². The minimum absolute atomic E-state index is 0.155. The Balaban J connectivity index is 4.20. The van der Waals surface area contributed by atoms with E-state index < -0.39 is 31.1 Å². The second-order valence-electron chi connectivity index (χ2n) is 6.69. The van der Waals surface area contributed by atoms with Gasteiger partial charge in [-0.15, -0.1) is 0 Å². The Morgan fingerprint density at radius 1 is 0.680 bits per heavy atom. The van der Waals surface area contributed by atoms with Crippen LogP contribution in [0.1, 0.15) is 78.1 Å². The molecule has 0 rings (SSSR count). The molecular formula is C18H32O6Sn. The van der Waals surface area contributed by atoms with Gasteiger partial charge in [-0.3, -0.25) is 0 Å². The zero-order valence-electron chi connectivity index (χ0n) is 16.0. The van der Waals surface area contributed by atoms with E-state index in [2.05, 4.69) is 0 Å². The minimum atomic E-state index is -3.83. The molecule has 0 amide bonds. The van der Waals surface area contributed by atoms with E-state index in [0.29, 0.717) is 12.8 Å². The molecule has 0 saturated heterocycles. The molecule has 144 valence electrons. The predicted octanol–water partition coefficient (Wildman–Crippen LogP) is 3.85. The summed E-state index contributed by atoms with van der Waals surface area (Å²) >= 11 is -3.83. The van der Waals surface area contributed by atoms with Gasteiger partial charge in [0.25, 0.3) is 0 Å².